The number of ether oxygens (including phenoxy) is 1. The summed E-state index contributed by atoms with van der Waals surface area (Å²) in [4.78, 5) is 50.0. The van der Waals surface area contributed by atoms with Gasteiger partial charge < -0.3 is 20.7 Å². The third-order valence-corrected chi connectivity index (χ3v) is 8.17. The number of benzene rings is 1. The maximum absolute atomic E-state index is 13.5. The molecule has 11 heteroatoms. The number of amides is 4. The van der Waals surface area contributed by atoms with E-state index in [1.165, 1.54) is 17.4 Å². The highest BCUT2D eigenvalue weighted by atomic mass is 32.1. The second-order valence-corrected chi connectivity index (χ2v) is 10.7. The summed E-state index contributed by atoms with van der Waals surface area (Å²) in [6.07, 6.45) is 8.57. The van der Waals surface area contributed by atoms with Gasteiger partial charge in [0.15, 0.2) is 0 Å². The molecule has 2 unspecified atom stereocenters. The summed E-state index contributed by atoms with van der Waals surface area (Å²) in [5.41, 5.74) is 2.59. The molecule has 4 amide bonds. The van der Waals surface area contributed by atoms with Gasteiger partial charge in [-0.15, -0.1) is 11.3 Å². The van der Waals surface area contributed by atoms with Crippen LogP contribution in [0.4, 0.5) is 21.9 Å². The molecule has 6 rings (SSSR count). The minimum atomic E-state index is -0.381. The van der Waals surface area contributed by atoms with Crippen molar-refractivity contribution in [3.8, 4) is 11.5 Å². The van der Waals surface area contributed by atoms with Crippen molar-refractivity contribution in [2.45, 2.75) is 38.3 Å². The average Bonchev–Trinajstić information content (AvgIpc) is 3.55. The molecule has 3 aromatic heterocycles. The fourth-order valence-corrected chi connectivity index (χ4v) is 6.27. The zero-order chi connectivity index (χ0) is 27.8. The van der Waals surface area contributed by atoms with Crippen molar-refractivity contribution in [3.05, 3.63) is 78.1 Å². The number of aryl methyl sites for hydroxylation is 1. The molecule has 202 valence electrons. The molecule has 1 saturated carbocycles. The number of anilines is 3. The smallest absolute Gasteiger partial charge is 0.331 e. The lowest BCUT2D eigenvalue weighted by atomic mass is 10.1. The van der Waals surface area contributed by atoms with E-state index in [-0.39, 0.29) is 29.9 Å². The largest absolute Gasteiger partial charge is 0.456 e. The van der Waals surface area contributed by atoms with E-state index in [0.717, 1.165) is 24.8 Å². The predicted octanol–water partition coefficient (Wildman–Crippen LogP) is 5.43. The molecule has 0 saturated heterocycles. The molecule has 2 atom stereocenters. The van der Waals surface area contributed by atoms with Crippen LogP contribution < -0.4 is 25.6 Å². The molecule has 1 aromatic carbocycles. The number of hydrogen-bond donors (Lipinski definition) is 3. The summed E-state index contributed by atoms with van der Waals surface area (Å²) in [7, 11) is 0. The third kappa shape index (κ3) is 4.64. The van der Waals surface area contributed by atoms with Crippen molar-refractivity contribution in [1.82, 2.24) is 20.6 Å². The number of urea groups is 1. The highest BCUT2D eigenvalue weighted by molar-refractivity contribution is 7.21. The highest BCUT2D eigenvalue weighted by Crippen LogP contribution is 2.46. The van der Waals surface area contributed by atoms with E-state index in [2.05, 4.69) is 32.5 Å². The summed E-state index contributed by atoms with van der Waals surface area (Å²) in [6.45, 7) is 5.41. The van der Waals surface area contributed by atoms with Gasteiger partial charge in [-0.05, 0) is 74.2 Å². The van der Waals surface area contributed by atoms with Gasteiger partial charge in [0.05, 0.1) is 28.6 Å². The van der Waals surface area contributed by atoms with Crippen LogP contribution in [0.15, 0.2) is 67.6 Å². The van der Waals surface area contributed by atoms with Gasteiger partial charge in [-0.2, -0.15) is 0 Å². The summed E-state index contributed by atoms with van der Waals surface area (Å²) >= 11 is 1.23. The SMILES string of the molecule is C=CC(=O)NC1CCCC1NC(=O)c1sc2nccc3c2c1NC(=O)N3c1ccc(Oc2cccnc2)cc1C. The molecule has 1 fully saturated rings. The number of carbonyl (C=O) groups excluding carboxylic acids is 3. The molecule has 40 heavy (non-hydrogen) atoms. The lowest BCUT2D eigenvalue weighted by molar-refractivity contribution is -0.117. The van der Waals surface area contributed by atoms with E-state index in [1.54, 1.807) is 41.7 Å². The maximum atomic E-state index is 13.5. The summed E-state index contributed by atoms with van der Waals surface area (Å²) in [6, 6.07) is 10.1. The number of rotatable bonds is 7. The molecular weight excluding hydrogens is 528 g/mol. The molecule has 3 N–H and O–H groups in total. The van der Waals surface area contributed by atoms with Gasteiger partial charge in [0.1, 0.15) is 21.2 Å². The molecule has 0 bridgehead atoms. The van der Waals surface area contributed by atoms with Crippen LogP contribution in [0.5, 0.6) is 11.5 Å². The van der Waals surface area contributed by atoms with E-state index >= 15 is 0 Å². The Labute approximate surface area is 234 Å². The summed E-state index contributed by atoms with van der Waals surface area (Å²) in [5, 5.41) is 9.59. The Kier molecular flexibility index (Phi) is 6.64. The number of hydrogen-bond acceptors (Lipinski definition) is 7. The van der Waals surface area contributed by atoms with Crippen LogP contribution >= 0.6 is 11.3 Å². The average molecular weight is 555 g/mol. The number of nitrogens with one attached hydrogen (secondary N) is 3. The molecular formula is C29H26N6O4S. The van der Waals surface area contributed by atoms with Crippen molar-refractivity contribution in [1.29, 1.82) is 0 Å². The monoisotopic (exact) mass is 554 g/mol. The van der Waals surface area contributed by atoms with Crippen molar-refractivity contribution < 1.29 is 19.1 Å². The second kappa shape index (κ2) is 10.4. The quantitative estimate of drug-likeness (QED) is 0.262. The Bertz CT molecular complexity index is 1650. The van der Waals surface area contributed by atoms with Crippen LogP contribution in [0, 0.1) is 6.92 Å². The molecule has 4 heterocycles. The molecule has 0 spiro atoms. The van der Waals surface area contributed by atoms with E-state index < -0.39 is 0 Å². The standard InChI is InChI=1S/C29H26N6O4S/c1-3-23(36)32-19-7-4-8-20(19)33-27(37)26-25-24-22(11-13-31-28(24)40-26)35(29(38)34-25)21-10-9-17(14-16(21)2)39-18-6-5-12-30-15-18/h3,5-6,9-15,19-20H,1,4,7-8H2,2H3,(H,32,36)(H,33,37)(H,34,38). The summed E-state index contributed by atoms with van der Waals surface area (Å²) < 4.78 is 5.90. The number of nitrogens with zero attached hydrogens (tertiary/aromatic N) is 3. The van der Waals surface area contributed by atoms with Crippen molar-refractivity contribution >= 4 is 56.5 Å². The highest BCUT2D eigenvalue weighted by Gasteiger charge is 2.35. The Hall–Kier alpha value is -4.77. The number of carbonyl (C=O) groups is 3. The van der Waals surface area contributed by atoms with Gasteiger partial charge in [-0.1, -0.05) is 6.58 Å². The van der Waals surface area contributed by atoms with E-state index in [4.69, 9.17) is 4.74 Å². The molecule has 1 aliphatic heterocycles. The van der Waals surface area contributed by atoms with Gasteiger partial charge in [-0.3, -0.25) is 19.5 Å². The van der Waals surface area contributed by atoms with Crippen LogP contribution in [0.3, 0.4) is 0 Å². The first kappa shape index (κ1) is 25.5. The van der Waals surface area contributed by atoms with Gasteiger partial charge >= 0.3 is 6.03 Å². The van der Waals surface area contributed by atoms with Crippen LogP contribution in [0.1, 0.15) is 34.5 Å². The predicted molar refractivity (Wildman–Crippen MR) is 154 cm³/mol. The van der Waals surface area contributed by atoms with Gasteiger partial charge in [0.2, 0.25) is 5.91 Å². The van der Waals surface area contributed by atoms with Crippen molar-refractivity contribution in [3.63, 3.8) is 0 Å². The first-order valence-electron chi connectivity index (χ1n) is 12.9. The topological polar surface area (TPSA) is 126 Å². The normalized spacial score (nSPS) is 17.8. The van der Waals surface area contributed by atoms with Crippen LogP contribution in [0.2, 0.25) is 0 Å². The van der Waals surface area contributed by atoms with Gasteiger partial charge in [0.25, 0.3) is 5.91 Å². The minimum Gasteiger partial charge on any atom is -0.456 e. The maximum Gasteiger partial charge on any atom is 0.331 e. The first-order chi connectivity index (χ1) is 19.4. The van der Waals surface area contributed by atoms with Crippen LogP contribution in [-0.4, -0.2) is 39.9 Å². The van der Waals surface area contributed by atoms with Gasteiger partial charge in [0, 0.05) is 24.5 Å². The lowest BCUT2D eigenvalue weighted by Gasteiger charge is -2.29. The fourth-order valence-electron chi connectivity index (χ4n) is 5.25. The number of pyridine rings is 2. The molecule has 10 nitrogen and oxygen atoms in total. The Morgan fingerprint density at radius 2 is 1.95 bits per heavy atom. The molecule has 1 aliphatic carbocycles. The lowest BCUT2D eigenvalue weighted by Crippen LogP contribution is -2.48. The Morgan fingerprint density at radius 1 is 1.12 bits per heavy atom. The van der Waals surface area contributed by atoms with Crippen molar-refractivity contribution in [2.75, 3.05) is 10.2 Å². The van der Waals surface area contributed by atoms with Gasteiger partial charge in [-0.25, -0.2) is 9.78 Å². The van der Waals surface area contributed by atoms with E-state index in [1.807, 2.05) is 25.1 Å². The molecule has 4 aromatic rings. The Balaban J connectivity index is 1.30. The third-order valence-electron chi connectivity index (χ3n) is 7.08. The van der Waals surface area contributed by atoms with Crippen LogP contribution in [0.25, 0.3) is 10.2 Å². The second-order valence-electron chi connectivity index (χ2n) is 9.65. The number of aromatic nitrogens is 2. The molecule has 2 aliphatic rings. The van der Waals surface area contributed by atoms with E-state index in [9.17, 15) is 14.4 Å². The van der Waals surface area contributed by atoms with E-state index in [0.29, 0.717) is 43.7 Å². The first-order valence-corrected chi connectivity index (χ1v) is 13.7. The fraction of sp³-hybridized carbons (Fsp3) is 0.207. The minimum absolute atomic E-state index is 0.174. The van der Waals surface area contributed by atoms with Crippen LogP contribution in [-0.2, 0) is 4.79 Å². The molecule has 0 radical (unpaired) electrons. The zero-order valence-electron chi connectivity index (χ0n) is 21.6. The summed E-state index contributed by atoms with van der Waals surface area (Å²) in [5.74, 6) is 0.657. The zero-order valence-corrected chi connectivity index (χ0v) is 22.5. The number of thiophene rings is 1. The van der Waals surface area contributed by atoms with Crippen molar-refractivity contribution in [2.24, 2.45) is 0 Å². The Morgan fingerprint density at radius 3 is 2.70 bits per heavy atom.